The number of thioether (sulfide) groups is 1. The summed E-state index contributed by atoms with van der Waals surface area (Å²) in [4.78, 5) is 0. The van der Waals surface area contributed by atoms with E-state index in [1.165, 1.54) is 6.20 Å². The zero-order valence-corrected chi connectivity index (χ0v) is 7.19. The third kappa shape index (κ3) is 4.13. The molecule has 0 saturated heterocycles. The average Bonchev–Trinajstić information content (AvgIpc) is 2.34. The lowest BCUT2D eigenvalue weighted by Crippen LogP contribution is -2.24. The maximum Gasteiger partial charge on any atom is 0.391 e. The predicted molar refractivity (Wildman–Crippen MR) is 40.9 cm³/mol. The zero-order chi connectivity index (χ0) is 9.90. The number of aromatic nitrogens is 3. The van der Waals surface area contributed by atoms with Gasteiger partial charge in [0.1, 0.15) is 5.03 Å². The van der Waals surface area contributed by atoms with Crippen LogP contribution >= 0.6 is 11.8 Å². The molecule has 1 rings (SSSR count). The first kappa shape index (κ1) is 10.3. The van der Waals surface area contributed by atoms with Crippen LogP contribution in [0.15, 0.2) is 11.2 Å². The van der Waals surface area contributed by atoms with Crippen LogP contribution in [0.5, 0.6) is 0 Å². The van der Waals surface area contributed by atoms with Gasteiger partial charge in [0.2, 0.25) is 0 Å². The maximum atomic E-state index is 11.8. The van der Waals surface area contributed by atoms with Gasteiger partial charge in [-0.15, -0.1) is 5.10 Å². The number of nitrogens with zero attached hydrogens (tertiary/aromatic N) is 2. The molecule has 74 valence electrons. The molecule has 1 unspecified atom stereocenters. The Hall–Kier alpha value is -0.760. The van der Waals surface area contributed by atoms with Crippen LogP contribution in [0.1, 0.15) is 6.42 Å². The second-order valence-electron chi connectivity index (χ2n) is 2.28. The molecule has 0 aliphatic heterocycles. The summed E-state index contributed by atoms with van der Waals surface area (Å²) in [6.45, 7) is 0. The highest BCUT2D eigenvalue weighted by Crippen LogP contribution is 2.27. The number of H-pyrrole nitrogens is 1. The molecular weight excluding hydrogens is 205 g/mol. The minimum Gasteiger partial charge on any atom is -0.319 e. The topological polar surface area (TPSA) is 67.6 Å². The van der Waals surface area contributed by atoms with Crippen LogP contribution in [0, 0.1) is 0 Å². The molecule has 0 amide bonds. The van der Waals surface area contributed by atoms with Crippen LogP contribution in [-0.4, -0.2) is 27.0 Å². The Morgan fingerprint density at radius 2 is 2.31 bits per heavy atom. The molecule has 1 aromatic heterocycles. The van der Waals surface area contributed by atoms with Gasteiger partial charge >= 0.3 is 6.18 Å². The highest BCUT2D eigenvalue weighted by atomic mass is 32.2. The minimum absolute atomic E-state index is 0.358. The molecular formula is C5H7F3N4S. The molecule has 1 aromatic rings. The summed E-state index contributed by atoms with van der Waals surface area (Å²) in [5, 5.41) is 8.61. The molecule has 4 nitrogen and oxygen atoms in total. The van der Waals surface area contributed by atoms with Gasteiger partial charge in [-0.1, -0.05) is 11.8 Å². The lowest BCUT2D eigenvalue weighted by atomic mass is 10.4. The largest absolute Gasteiger partial charge is 0.391 e. The Bertz CT molecular complexity index is 247. The number of alkyl halides is 3. The number of halogens is 3. The predicted octanol–water partition coefficient (Wildman–Crippen LogP) is 1.13. The van der Waals surface area contributed by atoms with E-state index >= 15 is 0 Å². The number of nitrogens with one attached hydrogen (secondary N) is 1. The Morgan fingerprint density at radius 3 is 2.77 bits per heavy atom. The number of hydrogen-bond acceptors (Lipinski definition) is 4. The van der Waals surface area contributed by atoms with Crippen molar-refractivity contribution >= 4 is 11.8 Å². The van der Waals surface area contributed by atoms with Gasteiger partial charge in [0, 0.05) is 0 Å². The van der Waals surface area contributed by atoms with E-state index in [2.05, 4.69) is 15.4 Å². The van der Waals surface area contributed by atoms with E-state index < -0.39 is 18.0 Å². The van der Waals surface area contributed by atoms with Gasteiger partial charge in [-0.3, -0.25) is 0 Å². The number of hydrogen-bond donors (Lipinski definition) is 2. The summed E-state index contributed by atoms with van der Waals surface area (Å²) in [7, 11) is 0. The standard InChI is InChI=1S/C5H7F3N4S/c6-5(7,8)1-3(9)13-4-2-10-12-11-4/h2-3H,1,9H2,(H,10,11,12). The van der Waals surface area contributed by atoms with Gasteiger partial charge in [-0.25, -0.2) is 0 Å². The number of aromatic amines is 1. The monoisotopic (exact) mass is 212 g/mol. The van der Waals surface area contributed by atoms with Crippen molar-refractivity contribution in [3.8, 4) is 0 Å². The molecule has 13 heavy (non-hydrogen) atoms. The molecule has 1 heterocycles. The molecule has 0 spiro atoms. The molecule has 0 aliphatic carbocycles. The smallest absolute Gasteiger partial charge is 0.319 e. The van der Waals surface area contributed by atoms with Crippen LogP contribution in [0.25, 0.3) is 0 Å². The molecule has 8 heteroatoms. The minimum atomic E-state index is -4.24. The van der Waals surface area contributed by atoms with Gasteiger partial charge < -0.3 is 5.73 Å². The van der Waals surface area contributed by atoms with Gasteiger partial charge in [0.25, 0.3) is 0 Å². The van der Waals surface area contributed by atoms with Gasteiger partial charge in [-0.05, 0) is 0 Å². The summed E-state index contributed by atoms with van der Waals surface area (Å²) < 4.78 is 35.4. The molecule has 0 radical (unpaired) electrons. The first-order chi connectivity index (χ1) is 5.97. The maximum absolute atomic E-state index is 11.8. The zero-order valence-electron chi connectivity index (χ0n) is 6.38. The van der Waals surface area contributed by atoms with Gasteiger partial charge in [0.15, 0.2) is 0 Å². The van der Waals surface area contributed by atoms with E-state index in [-0.39, 0.29) is 0 Å². The highest BCUT2D eigenvalue weighted by molar-refractivity contribution is 7.99. The lowest BCUT2D eigenvalue weighted by molar-refractivity contribution is -0.133. The van der Waals surface area contributed by atoms with Crippen molar-refractivity contribution in [2.75, 3.05) is 0 Å². The van der Waals surface area contributed by atoms with Crippen molar-refractivity contribution in [2.45, 2.75) is 23.0 Å². The first-order valence-electron chi connectivity index (χ1n) is 3.32. The van der Waals surface area contributed by atoms with Crippen LogP contribution in [0.4, 0.5) is 13.2 Å². The summed E-state index contributed by atoms with van der Waals surface area (Å²) >= 11 is 0.830. The van der Waals surface area contributed by atoms with E-state index in [4.69, 9.17) is 5.73 Å². The van der Waals surface area contributed by atoms with Crippen molar-refractivity contribution in [2.24, 2.45) is 5.73 Å². The van der Waals surface area contributed by atoms with E-state index in [0.717, 1.165) is 11.8 Å². The Labute approximate surface area is 76.1 Å². The molecule has 0 saturated carbocycles. The fourth-order valence-electron chi connectivity index (χ4n) is 0.673. The van der Waals surface area contributed by atoms with E-state index in [1.807, 2.05) is 0 Å². The van der Waals surface area contributed by atoms with Crippen molar-refractivity contribution in [3.05, 3.63) is 6.20 Å². The van der Waals surface area contributed by atoms with Crippen LogP contribution in [-0.2, 0) is 0 Å². The number of nitrogens with two attached hydrogens (primary N) is 1. The van der Waals surface area contributed by atoms with Crippen molar-refractivity contribution in [3.63, 3.8) is 0 Å². The fourth-order valence-corrected chi connectivity index (χ4v) is 1.46. The van der Waals surface area contributed by atoms with Crippen LogP contribution < -0.4 is 5.73 Å². The summed E-state index contributed by atoms with van der Waals surface area (Å²) in [5.74, 6) is 0. The third-order valence-electron chi connectivity index (χ3n) is 1.10. The van der Waals surface area contributed by atoms with Gasteiger partial charge in [0.05, 0.1) is 18.0 Å². The third-order valence-corrected chi connectivity index (χ3v) is 2.01. The molecule has 0 aliphatic rings. The average molecular weight is 212 g/mol. The van der Waals surface area contributed by atoms with E-state index in [0.29, 0.717) is 5.03 Å². The molecule has 1 atom stereocenters. The van der Waals surface area contributed by atoms with Crippen LogP contribution in [0.3, 0.4) is 0 Å². The second kappa shape index (κ2) is 3.97. The normalized spacial score (nSPS) is 14.5. The molecule has 3 N–H and O–H groups in total. The summed E-state index contributed by atoms with van der Waals surface area (Å²) in [6, 6.07) is 0. The quantitative estimate of drug-likeness (QED) is 0.582. The Balaban J connectivity index is 2.38. The molecule has 0 fully saturated rings. The van der Waals surface area contributed by atoms with Crippen LogP contribution in [0.2, 0.25) is 0 Å². The number of rotatable bonds is 3. The molecule has 0 bridgehead atoms. The first-order valence-corrected chi connectivity index (χ1v) is 4.20. The van der Waals surface area contributed by atoms with E-state index in [1.54, 1.807) is 0 Å². The van der Waals surface area contributed by atoms with Crippen molar-refractivity contribution in [1.29, 1.82) is 0 Å². The molecule has 0 aromatic carbocycles. The summed E-state index contributed by atoms with van der Waals surface area (Å²) in [6.07, 6.45) is -3.96. The van der Waals surface area contributed by atoms with E-state index in [9.17, 15) is 13.2 Å². The van der Waals surface area contributed by atoms with Crippen molar-refractivity contribution in [1.82, 2.24) is 15.4 Å². The Morgan fingerprint density at radius 1 is 1.62 bits per heavy atom. The lowest BCUT2D eigenvalue weighted by Gasteiger charge is -2.11. The van der Waals surface area contributed by atoms with Gasteiger partial charge in [-0.2, -0.15) is 23.5 Å². The highest BCUT2D eigenvalue weighted by Gasteiger charge is 2.30. The van der Waals surface area contributed by atoms with Crippen molar-refractivity contribution < 1.29 is 13.2 Å². The summed E-state index contributed by atoms with van der Waals surface area (Å²) in [5.41, 5.74) is 5.21. The Kier molecular flexibility index (Phi) is 3.15. The fraction of sp³-hybridized carbons (Fsp3) is 0.600. The second-order valence-corrected chi connectivity index (χ2v) is 3.54. The SMILES string of the molecule is NC(CC(F)(F)F)Sc1cn[nH]n1.